The molecule has 2 aromatic carbocycles. The first-order chi connectivity index (χ1) is 15.1. The van der Waals surface area contributed by atoms with E-state index in [2.05, 4.69) is 9.88 Å². The molecule has 0 unspecified atom stereocenters. The molecule has 0 saturated carbocycles. The number of halogens is 2. The normalized spacial score (nSPS) is 14.8. The van der Waals surface area contributed by atoms with Crippen molar-refractivity contribution < 1.29 is 18.3 Å². The second kappa shape index (κ2) is 10.5. The van der Waals surface area contributed by atoms with Gasteiger partial charge in [0.25, 0.3) is 0 Å². The molecule has 1 aromatic heterocycles. The van der Waals surface area contributed by atoms with Crippen LogP contribution in [0.5, 0.6) is 0 Å². The molecule has 1 aliphatic heterocycles. The third-order valence-electron chi connectivity index (χ3n) is 5.03. The number of amides is 1. The van der Waals surface area contributed by atoms with Crippen molar-refractivity contribution in [2.24, 2.45) is 0 Å². The number of thioether (sulfide) groups is 1. The maximum Gasteiger partial charge on any atom is 0.229 e. The third-order valence-corrected chi connectivity index (χ3v) is 7.09. The molecule has 164 valence electrons. The number of anilines is 1. The molecular weight excluding hydrogens is 440 g/mol. The van der Waals surface area contributed by atoms with E-state index in [0.29, 0.717) is 49.1 Å². The predicted octanol–water partition coefficient (Wildman–Crippen LogP) is 4.42. The fourth-order valence-electron chi connectivity index (χ4n) is 3.33. The summed E-state index contributed by atoms with van der Waals surface area (Å²) >= 11 is 2.83. The molecule has 0 aliphatic carbocycles. The summed E-state index contributed by atoms with van der Waals surface area (Å²) in [6, 6.07) is 11.1. The minimum atomic E-state index is -0.382. The van der Waals surface area contributed by atoms with Crippen LogP contribution < -0.4 is 4.90 Å². The van der Waals surface area contributed by atoms with Crippen molar-refractivity contribution in [1.82, 2.24) is 9.88 Å². The molecule has 3 aromatic rings. The zero-order chi connectivity index (χ0) is 21.6. The number of ether oxygens (including phenoxy) is 1. The Labute approximate surface area is 188 Å². The first-order valence-electron chi connectivity index (χ1n) is 10.1. The van der Waals surface area contributed by atoms with Crippen LogP contribution in [0.1, 0.15) is 6.42 Å². The molecule has 4 rings (SSSR count). The molecule has 1 amide bonds. The fourth-order valence-corrected chi connectivity index (χ4v) is 5.20. The molecule has 0 spiro atoms. The Balaban J connectivity index is 1.45. The van der Waals surface area contributed by atoms with Crippen molar-refractivity contribution in [3.05, 3.63) is 54.1 Å². The van der Waals surface area contributed by atoms with Gasteiger partial charge in [-0.15, -0.1) is 11.8 Å². The van der Waals surface area contributed by atoms with Gasteiger partial charge < -0.3 is 4.74 Å². The molecule has 1 saturated heterocycles. The molecule has 1 aliphatic rings. The maximum atomic E-state index is 14.1. The number of benzene rings is 2. The Morgan fingerprint density at radius 1 is 1.16 bits per heavy atom. The highest BCUT2D eigenvalue weighted by Crippen LogP contribution is 2.31. The van der Waals surface area contributed by atoms with Crippen LogP contribution in [0, 0.1) is 11.6 Å². The second-order valence-electron chi connectivity index (χ2n) is 7.13. The summed E-state index contributed by atoms with van der Waals surface area (Å²) in [5, 5.41) is 0.519. The maximum absolute atomic E-state index is 14.1. The van der Waals surface area contributed by atoms with Gasteiger partial charge in [-0.1, -0.05) is 17.4 Å². The summed E-state index contributed by atoms with van der Waals surface area (Å²) in [5.41, 5.74) is 0.298. The van der Waals surface area contributed by atoms with E-state index in [4.69, 9.17) is 4.74 Å². The van der Waals surface area contributed by atoms with E-state index in [9.17, 15) is 13.6 Å². The number of fused-ring (bicyclic) bond motifs is 1. The first kappa shape index (κ1) is 22.1. The van der Waals surface area contributed by atoms with Gasteiger partial charge in [0.15, 0.2) is 5.13 Å². The van der Waals surface area contributed by atoms with Crippen molar-refractivity contribution >= 4 is 44.4 Å². The van der Waals surface area contributed by atoms with Gasteiger partial charge in [0.1, 0.15) is 17.2 Å². The van der Waals surface area contributed by atoms with Crippen LogP contribution in [0.2, 0.25) is 0 Å². The molecule has 0 bridgehead atoms. The van der Waals surface area contributed by atoms with E-state index in [1.807, 2.05) is 6.07 Å². The van der Waals surface area contributed by atoms with Crippen LogP contribution in [-0.2, 0) is 9.53 Å². The number of thiazole rings is 1. The van der Waals surface area contributed by atoms with Crippen LogP contribution >= 0.6 is 23.1 Å². The van der Waals surface area contributed by atoms with Gasteiger partial charge in [-0.3, -0.25) is 14.6 Å². The van der Waals surface area contributed by atoms with Crippen LogP contribution in [0.25, 0.3) is 10.2 Å². The number of hydrogen-bond acceptors (Lipinski definition) is 6. The Morgan fingerprint density at radius 3 is 2.68 bits per heavy atom. The molecule has 31 heavy (non-hydrogen) atoms. The average molecular weight is 464 g/mol. The van der Waals surface area contributed by atoms with Gasteiger partial charge in [0, 0.05) is 43.2 Å². The Hall–Kier alpha value is -2.07. The number of carbonyl (C=O) groups is 1. The van der Waals surface area contributed by atoms with Gasteiger partial charge in [0.05, 0.1) is 17.9 Å². The Kier molecular flexibility index (Phi) is 7.49. The molecule has 0 radical (unpaired) electrons. The van der Waals surface area contributed by atoms with Crippen molar-refractivity contribution in [3.8, 4) is 0 Å². The smallest absolute Gasteiger partial charge is 0.229 e. The predicted molar refractivity (Wildman–Crippen MR) is 121 cm³/mol. The highest BCUT2D eigenvalue weighted by molar-refractivity contribution is 7.99. The lowest BCUT2D eigenvalue weighted by molar-refractivity contribution is -0.118. The van der Waals surface area contributed by atoms with Gasteiger partial charge in [0.2, 0.25) is 5.91 Å². The Bertz CT molecular complexity index is 1020. The molecule has 1 fully saturated rings. The minimum Gasteiger partial charge on any atom is -0.379 e. The van der Waals surface area contributed by atoms with E-state index in [-0.39, 0.29) is 17.5 Å². The number of morpholine rings is 1. The first-order valence-corrected chi connectivity index (χ1v) is 11.9. The summed E-state index contributed by atoms with van der Waals surface area (Å²) in [7, 11) is 0. The van der Waals surface area contributed by atoms with Gasteiger partial charge in [-0.05, 0) is 36.4 Å². The molecule has 0 atom stereocenters. The van der Waals surface area contributed by atoms with Gasteiger partial charge >= 0.3 is 0 Å². The summed E-state index contributed by atoms with van der Waals surface area (Å²) in [6.07, 6.45) is 0.309. The quantitative estimate of drug-likeness (QED) is 0.463. The summed E-state index contributed by atoms with van der Waals surface area (Å²) in [4.78, 5) is 22.4. The monoisotopic (exact) mass is 463 g/mol. The number of aromatic nitrogens is 1. The third kappa shape index (κ3) is 5.79. The van der Waals surface area contributed by atoms with Crippen LogP contribution in [0.15, 0.2) is 47.4 Å². The zero-order valence-electron chi connectivity index (χ0n) is 16.9. The Morgan fingerprint density at radius 2 is 1.94 bits per heavy atom. The highest BCUT2D eigenvalue weighted by atomic mass is 32.2. The zero-order valence-corrected chi connectivity index (χ0v) is 18.6. The highest BCUT2D eigenvalue weighted by Gasteiger charge is 2.22. The summed E-state index contributed by atoms with van der Waals surface area (Å²) < 4.78 is 33.3. The average Bonchev–Trinajstić information content (AvgIpc) is 3.21. The molecule has 9 heteroatoms. The standard InChI is InChI=1S/C22H23F2N3O2S2/c23-16-4-6-17(7-5-16)30-15-8-20(28)27(10-9-26-11-13-29-14-12-26)22-25-21-18(24)2-1-3-19(21)31-22/h1-7H,8-15H2. The number of para-hydroxylation sites is 1. The van der Waals surface area contributed by atoms with E-state index < -0.39 is 0 Å². The van der Waals surface area contributed by atoms with Gasteiger partial charge in [-0.25, -0.2) is 13.8 Å². The SMILES string of the molecule is O=C(CCSc1ccc(F)cc1)N(CCN1CCOCC1)c1nc2c(F)cccc2s1. The summed E-state index contributed by atoms with van der Waals surface area (Å²) in [5.74, 6) is -0.148. The molecule has 5 nitrogen and oxygen atoms in total. The fraction of sp³-hybridized carbons (Fsp3) is 0.364. The number of carbonyl (C=O) groups excluding carboxylic acids is 1. The topological polar surface area (TPSA) is 45.7 Å². The van der Waals surface area contributed by atoms with Crippen LogP contribution in [0.3, 0.4) is 0 Å². The number of nitrogens with zero attached hydrogens (tertiary/aromatic N) is 3. The van der Waals surface area contributed by atoms with E-state index in [1.54, 1.807) is 23.1 Å². The second-order valence-corrected chi connectivity index (χ2v) is 9.31. The minimum absolute atomic E-state index is 0.0534. The lowest BCUT2D eigenvalue weighted by Crippen LogP contribution is -2.43. The van der Waals surface area contributed by atoms with Crippen molar-refractivity contribution in [2.45, 2.75) is 11.3 Å². The molecule has 0 N–H and O–H groups in total. The van der Waals surface area contributed by atoms with Gasteiger partial charge in [-0.2, -0.15) is 0 Å². The lowest BCUT2D eigenvalue weighted by atomic mass is 10.3. The van der Waals surface area contributed by atoms with Crippen molar-refractivity contribution in [2.75, 3.05) is 50.0 Å². The molecule has 2 heterocycles. The number of rotatable bonds is 8. The van der Waals surface area contributed by atoms with Crippen LogP contribution in [0.4, 0.5) is 13.9 Å². The van der Waals surface area contributed by atoms with Crippen molar-refractivity contribution in [1.29, 1.82) is 0 Å². The van der Waals surface area contributed by atoms with E-state index in [1.165, 1.54) is 41.3 Å². The van der Waals surface area contributed by atoms with Crippen molar-refractivity contribution in [3.63, 3.8) is 0 Å². The van der Waals surface area contributed by atoms with E-state index in [0.717, 1.165) is 22.7 Å². The lowest BCUT2D eigenvalue weighted by Gasteiger charge is -2.29. The largest absolute Gasteiger partial charge is 0.379 e. The molecular formula is C22H23F2N3O2S2. The summed E-state index contributed by atoms with van der Waals surface area (Å²) in [6.45, 7) is 4.23. The number of hydrogen-bond donors (Lipinski definition) is 0. The van der Waals surface area contributed by atoms with E-state index >= 15 is 0 Å². The van der Waals surface area contributed by atoms with Crippen LogP contribution in [-0.4, -0.2) is 60.9 Å².